The first-order valence-corrected chi connectivity index (χ1v) is 11.4. The molecule has 2 aromatic rings. The van der Waals surface area contributed by atoms with Crippen LogP contribution in [0, 0.1) is 6.92 Å². The second kappa shape index (κ2) is 8.70. The molecule has 6 nitrogen and oxygen atoms in total. The van der Waals surface area contributed by atoms with Crippen LogP contribution in [-0.4, -0.2) is 42.9 Å². The maximum atomic E-state index is 12.8. The Hall–Kier alpha value is -1.51. The number of nitrogens with zero attached hydrogens (tertiary/aromatic N) is 1. The fourth-order valence-electron chi connectivity index (χ4n) is 3.15. The van der Waals surface area contributed by atoms with Crippen LogP contribution < -0.4 is 5.32 Å². The first-order valence-electron chi connectivity index (χ1n) is 8.85. The molecule has 3 rings (SSSR count). The molecular weight excluding hydrogens is 459 g/mol. The molecule has 0 spiro atoms. The number of carbonyl (C=O) groups excluding carboxylic acids is 1. The summed E-state index contributed by atoms with van der Waals surface area (Å²) in [5.74, 6) is -1.06. The molecule has 29 heavy (non-hydrogen) atoms. The van der Waals surface area contributed by atoms with E-state index in [9.17, 15) is 18.3 Å². The fourth-order valence-corrected chi connectivity index (χ4v) is 5.31. The molecule has 1 heterocycles. The van der Waals surface area contributed by atoms with E-state index in [1.807, 2.05) is 6.92 Å². The van der Waals surface area contributed by atoms with Gasteiger partial charge in [0, 0.05) is 19.1 Å². The highest BCUT2D eigenvalue weighted by atomic mass is 35.5. The van der Waals surface area contributed by atoms with Gasteiger partial charge in [-0.2, -0.15) is 4.31 Å². The molecule has 0 aromatic heterocycles. The number of halogens is 3. The molecule has 0 bridgehead atoms. The summed E-state index contributed by atoms with van der Waals surface area (Å²) in [6.07, 6.45) is 0.840. The highest BCUT2D eigenvalue weighted by Crippen LogP contribution is 2.38. The van der Waals surface area contributed by atoms with Gasteiger partial charge < -0.3 is 10.4 Å². The molecule has 1 fully saturated rings. The number of phenolic OH excluding ortho intramolecular Hbond substituents is 1. The third-order valence-corrected chi connectivity index (χ3v) is 7.81. The first kappa shape index (κ1) is 22.2. The van der Waals surface area contributed by atoms with E-state index >= 15 is 0 Å². The maximum absolute atomic E-state index is 12.8. The standard InChI is InChI=1S/C19H19Cl3N2O4S/c1-11-2-4-13(5-3-11)29(27,28)24-8-6-12(7-9-24)23-19(26)16-17(22)14(20)10-15(21)18(16)25/h2-5,10,12,25H,6-9H2,1H3,(H,23,26). The zero-order valence-electron chi connectivity index (χ0n) is 15.5. The van der Waals surface area contributed by atoms with Crippen LogP contribution in [0.1, 0.15) is 28.8 Å². The zero-order chi connectivity index (χ0) is 21.3. The molecule has 1 saturated heterocycles. The molecule has 2 N–H and O–H groups in total. The number of amides is 1. The number of hydrogen-bond acceptors (Lipinski definition) is 4. The Morgan fingerprint density at radius 2 is 1.69 bits per heavy atom. The summed E-state index contributed by atoms with van der Waals surface area (Å²) < 4.78 is 26.9. The average molecular weight is 478 g/mol. The summed E-state index contributed by atoms with van der Waals surface area (Å²) in [5, 5.41) is 12.7. The van der Waals surface area contributed by atoms with E-state index in [-0.39, 0.29) is 44.7 Å². The molecule has 10 heteroatoms. The van der Waals surface area contributed by atoms with Crippen LogP contribution in [0.5, 0.6) is 5.75 Å². The molecule has 1 amide bonds. The Labute approximate surface area is 184 Å². The van der Waals surface area contributed by atoms with Crippen molar-refractivity contribution in [3.05, 3.63) is 56.5 Å². The lowest BCUT2D eigenvalue weighted by Crippen LogP contribution is -2.46. The second-order valence-corrected chi connectivity index (χ2v) is 9.97. The number of rotatable bonds is 4. The number of phenols is 1. The minimum Gasteiger partial charge on any atom is -0.505 e. The molecule has 0 radical (unpaired) electrons. The SMILES string of the molecule is Cc1ccc(S(=O)(=O)N2CCC(NC(=O)c3c(O)c(Cl)cc(Cl)c3Cl)CC2)cc1. The number of nitrogens with one attached hydrogen (secondary N) is 1. The third-order valence-electron chi connectivity index (χ3n) is 4.82. The van der Waals surface area contributed by atoms with Gasteiger partial charge in [-0.1, -0.05) is 52.5 Å². The van der Waals surface area contributed by atoms with Gasteiger partial charge in [-0.25, -0.2) is 8.42 Å². The van der Waals surface area contributed by atoms with E-state index in [2.05, 4.69) is 5.32 Å². The lowest BCUT2D eigenvalue weighted by Gasteiger charge is -2.31. The molecule has 1 aliphatic rings. The minimum atomic E-state index is -3.58. The van der Waals surface area contributed by atoms with Crippen LogP contribution in [0.25, 0.3) is 0 Å². The lowest BCUT2D eigenvalue weighted by molar-refractivity contribution is 0.0921. The number of piperidine rings is 1. The Morgan fingerprint density at radius 3 is 2.28 bits per heavy atom. The van der Waals surface area contributed by atoms with Crippen molar-refractivity contribution in [2.75, 3.05) is 13.1 Å². The summed E-state index contributed by atoms with van der Waals surface area (Å²) in [6.45, 7) is 2.41. The van der Waals surface area contributed by atoms with Crippen molar-refractivity contribution in [2.24, 2.45) is 0 Å². The monoisotopic (exact) mass is 476 g/mol. The first-order chi connectivity index (χ1) is 13.6. The number of hydrogen-bond donors (Lipinski definition) is 2. The minimum absolute atomic E-state index is 0.0543. The number of aryl methyl sites for hydroxylation is 1. The van der Waals surface area contributed by atoms with Crippen molar-refractivity contribution < 1.29 is 18.3 Å². The lowest BCUT2D eigenvalue weighted by atomic mass is 10.1. The van der Waals surface area contributed by atoms with Gasteiger partial charge in [-0.15, -0.1) is 0 Å². The van der Waals surface area contributed by atoms with Gasteiger partial charge >= 0.3 is 0 Å². The number of aromatic hydroxyl groups is 1. The van der Waals surface area contributed by atoms with Crippen molar-refractivity contribution in [3.8, 4) is 5.75 Å². The highest BCUT2D eigenvalue weighted by Gasteiger charge is 2.31. The Kier molecular flexibility index (Phi) is 6.65. The van der Waals surface area contributed by atoms with Gasteiger partial charge in [0.2, 0.25) is 10.0 Å². The molecule has 1 aliphatic heterocycles. The largest absolute Gasteiger partial charge is 0.505 e. The van der Waals surface area contributed by atoms with Crippen molar-refractivity contribution in [1.82, 2.24) is 9.62 Å². The van der Waals surface area contributed by atoms with Crippen molar-refractivity contribution in [2.45, 2.75) is 30.7 Å². The maximum Gasteiger partial charge on any atom is 0.256 e. The Bertz CT molecular complexity index is 1010. The Balaban J connectivity index is 1.68. The van der Waals surface area contributed by atoms with Crippen LogP contribution in [0.2, 0.25) is 15.1 Å². The second-order valence-electron chi connectivity index (χ2n) is 6.84. The zero-order valence-corrected chi connectivity index (χ0v) is 18.5. The summed E-state index contributed by atoms with van der Waals surface area (Å²) in [4.78, 5) is 12.8. The van der Waals surface area contributed by atoms with Gasteiger partial charge in [0.1, 0.15) is 11.3 Å². The molecule has 0 aliphatic carbocycles. The quantitative estimate of drug-likeness (QED) is 0.645. The number of sulfonamides is 1. The average Bonchev–Trinajstić information content (AvgIpc) is 2.67. The van der Waals surface area contributed by atoms with Crippen LogP contribution in [0.4, 0.5) is 0 Å². The molecule has 0 unspecified atom stereocenters. The van der Waals surface area contributed by atoms with Crippen molar-refractivity contribution in [3.63, 3.8) is 0 Å². The van der Waals surface area contributed by atoms with E-state index in [0.29, 0.717) is 12.8 Å². The summed E-state index contributed by atoms with van der Waals surface area (Å²) in [6, 6.07) is 7.67. The Morgan fingerprint density at radius 1 is 1.10 bits per heavy atom. The fraction of sp³-hybridized carbons (Fsp3) is 0.316. The predicted molar refractivity (Wildman–Crippen MR) is 114 cm³/mol. The molecule has 0 atom stereocenters. The van der Waals surface area contributed by atoms with Gasteiger partial charge in [-0.05, 0) is 38.0 Å². The van der Waals surface area contributed by atoms with Gasteiger partial charge in [-0.3, -0.25) is 4.79 Å². The molecule has 0 saturated carbocycles. The number of carbonyl (C=O) groups is 1. The normalized spacial score (nSPS) is 16.0. The van der Waals surface area contributed by atoms with Gasteiger partial charge in [0.05, 0.1) is 20.0 Å². The third kappa shape index (κ3) is 4.64. The van der Waals surface area contributed by atoms with Crippen LogP contribution >= 0.6 is 34.8 Å². The predicted octanol–water partition coefficient (Wildman–Crippen LogP) is 4.24. The van der Waals surface area contributed by atoms with Crippen LogP contribution in [0.3, 0.4) is 0 Å². The highest BCUT2D eigenvalue weighted by molar-refractivity contribution is 7.89. The molecule has 2 aromatic carbocycles. The van der Waals surface area contributed by atoms with E-state index in [1.165, 1.54) is 10.4 Å². The topological polar surface area (TPSA) is 86.7 Å². The molecule has 156 valence electrons. The van der Waals surface area contributed by atoms with E-state index < -0.39 is 21.7 Å². The van der Waals surface area contributed by atoms with Gasteiger partial charge in [0.15, 0.2) is 0 Å². The van der Waals surface area contributed by atoms with E-state index in [0.717, 1.165) is 5.56 Å². The van der Waals surface area contributed by atoms with Crippen LogP contribution in [-0.2, 0) is 10.0 Å². The smallest absolute Gasteiger partial charge is 0.256 e. The summed E-state index contributed by atoms with van der Waals surface area (Å²) in [7, 11) is -3.58. The van der Waals surface area contributed by atoms with E-state index in [1.54, 1.807) is 24.3 Å². The number of benzene rings is 2. The van der Waals surface area contributed by atoms with Crippen molar-refractivity contribution >= 4 is 50.7 Å². The van der Waals surface area contributed by atoms with Crippen molar-refractivity contribution in [1.29, 1.82) is 0 Å². The van der Waals surface area contributed by atoms with Crippen LogP contribution in [0.15, 0.2) is 35.2 Å². The molecular formula is C19H19Cl3N2O4S. The van der Waals surface area contributed by atoms with Gasteiger partial charge in [0.25, 0.3) is 5.91 Å². The van der Waals surface area contributed by atoms with E-state index in [4.69, 9.17) is 34.8 Å². The summed E-state index contributed by atoms with van der Waals surface area (Å²) >= 11 is 17.8. The summed E-state index contributed by atoms with van der Waals surface area (Å²) in [5.41, 5.74) is 0.785.